The Labute approximate surface area is 145 Å². The van der Waals surface area contributed by atoms with Gasteiger partial charge in [-0.1, -0.05) is 28.9 Å². The number of amides is 2. The monoisotopic (exact) mass is 353 g/mol. The quantitative estimate of drug-likeness (QED) is 0.685. The molecular formula is C16H20ClN3O4. The first-order valence-corrected chi connectivity index (χ1v) is 8.00. The zero-order valence-electron chi connectivity index (χ0n) is 13.4. The van der Waals surface area contributed by atoms with Crippen LogP contribution in [0.25, 0.3) is 0 Å². The van der Waals surface area contributed by atoms with Gasteiger partial charge < -0.3 is 20.2 Å². The summed E-state index contributed by atoms with van der Waals surface area (Å²) in [6.45, 7) is 1.15. The number of oxime groups is 1. The third-order valence-corrected chi connectivity index (χ3v) is 3.67. The van der Waals surface area contributed by atoms with E-state index in [0.29, 0.717) is 30.3 Å². The molecule has 0 spiro atoms. The summed E-state index contributed by atoms with van der Waals surface area (Å²) >= 11 is 5.85. The molecule has 0 bridgehead atoms. The van der Waals surface area contributed by atoms with Gasteiger partial charge in [0.15, 0.2) is 0 Å². The first-order chi connectivity index (χ1) is 11.6. The lowest BCUT2D eigenvalue weighted by atomic mass is 10.0. The largest absolute Gasteiger partial charge is 0.383 e. The van der Waals surface area contributed by atoms with Gasteiger partial charge in [0.05, 0.1) is 12.3 Å². The summed E-state index contributed by atoms with van der Waals surface area (Å²) in [5, 5.41) is 9.94. The van der Waals surface area contributed by atoms with Gasteiger partial charge in [0.1, 0.15) is 0 Å². The SMILES string of the molecule is COCCNC(=O)CCNC(=O)C1CC(c2ccc(Cl)cc2)=NO1. The first kappa shape index (κ1) is 18.2. The minimum Gasteiger partial charge on any atom is -0.383 e. The number of carbonyl (C=O) groups is 2. The number of hydrogen-bond acceptors (Lipinski definition) is 5. The van der Waals surface area contributed by atoms with Crippen LogP contribution in [0.4, 0.5) is 0 Å². The van der Waals surface area contributed by atoms with Crippen molar-refractivity contribution < 1.29 is 19.2 Å². The zero-order chi connectivity index (χ0) is 17.4. The topological polar surface area (TPSA) is 89.0 Å². The number of benzene rings is 1. The van der Waals surface area contributed by atoms with Gasteiger partial charge in [-0.15, -0.1) is 0 Å². The molecule has 0 fully saturated rings. The number of methoxy groups -OCH3 is 1. The second-order valence-corrected chi connectivity index (χ2v) is 5.66. The van der Waals surface area contributed by atoms with Gasteiger partial charge in [-0.3, -0.25) is 9.59 Å². The summed E-state index contributed by atoms with van der Waals surface area (Å²) in [6.07, 6.45) is -0.0900. The maximum atomic E-state index is 12.0. The van der Waals surface area contributed by atoms with Crippen molar-refractivity contribution in [3.8, 4) is 0 Å². The molecule has 1 aliphatic heterocycles. The molecule has 130 valence electrons. The van der Waals surface area contributed by atoms with Crippen LogP contribution < -0.4 is 10.6 Å². The molecule has 7 nitrogen and oxygen atoms in total. The molecule has 2 rings (SSSR count). The highest BCUT2D eigenvalue weighted by atomic mass is 35.5. The van der Waals surface area contributed by atoms with E-state index in [0.717, 1.165) is 5.56 Å². The number of ether oxygens (including phenoxy) is 1. The van der Waals surface area contributed by atoms with Crippen LogP contribution in [0.5, 0.6) is 0 Å². The summed E-state index contributed by atoms with van der Waals surface area (Å²) in [4.78, 5) is 28.7. The molecule has 1 heterocycles. The summed E-state index contributed by atoms with van der Waals surface area (Å²) < 4.78 is 4.83. The van der Waals surface area contributed by atoms with E-state index in [9.17, 15) is 9.59 Å². The smallest absolute Gasteiger partial charge is 0.264 e. The van der Waals surface area contributed by atoms with Crippen LogP contribution in [0, 0.1) is 0 Å². The van der Waals surface area contributed by atoms with Crippen molar-refractivity contribution in [1.29, 1.82) is 0 Å². The molecule has 1 aromatic rings. The molecule has 8 heteroatoms. The Hall–Kier alpha value is -2.12. The van der Waals surface area contributed by atoms with E-state index in [2.05, 4.69) is 15.8 Å². The minimum atomic E-state index is -0.674. The maximum absolute atomic E-state index is 12.0. The average molecular weight is 354 g/mol. The van der Waals surface area contributed by atoms with Gasteiger partial charge in [0, 0.05) is 38.1 Å². The van der Waals surface area contributed by atoms with Gasteiger partial charge in [-0.25, -0.2) is 0 Å². The summed E-state index contributed by atoms with van der Waals surface area (Å²) in [5.74, 6) is -0.426. The molecule has 0 saturated heterocycles. The number of carbonyl (C=O) groups excluding carboxylic acids is 2. The fourth-order valence-corrected chi connectivity index (χ4v) is 2.25. The summed E-state index contributed by atoms with van der Waals surface area (Å²) in [5.41, 5.74) is 1.57. The highest BCUT2D eigenvalue weighted by Crippen LogP contribution is 2.18. The van der Waals surface area contributed by atoms with Crippen LogP contribution in [0.3, 0.4) is 0 Å². The first-order valence-electron chi connectivity index (χ1n) is 7.62. The Bertz CT molecular complexity index is 604. The Morgan fingerprint density at radius 2 is 2.04 bits per heavy atom. The standard InChI is InChI=1S/C16H20ClN3O4/c1-23-9-8-18-15(21)6-7-19-16(22)14-10-13(20-24-14)11-2-4-12(17)5-3-11/h2-5,14H,6-10H2,1H3,(H,18,21)(H,19,22). The number of hydrogen-bond donors (Lipinski definition) is 2. The van der Waals surface area contributed by atoms with Gasteiger partial charge in [0.2, 0.25) is 12.0 Å². The Morgan fingerprint density at radius 1 is 1.29 bits per heavy atom. The number of rotatable bonds is 8. The molecule has 2 amide bonds. The van der Waals surface area contributed by atoms with Crippen molar-refractivity contribution in [2.75, 3.05) is 26.8 Å². The Morgan fingerprint density at radius 3 is 2.75 bits per heavy atom. The number of nitrogens with one attached hydrogen (secondary N) is 2. The van der Waals surface area contributed by atoms with Crippen LogP contribution in [-0.4, -0.2) is 50.4 Å². The number of nitrogens with zero attached hydrogens (tertiary/aromatic N) is 1. The number of halogens is 1. The Balaban J connectivity index is 1.69. The lowest BCUT2D eigenvalue weighted by molar-refractivity contribution is -0.131. The van der Waals surface area contributed by atoms with Crippen LogP contribution in [0.2, 0.25) is 5.02 Å². The summed E-state index contributed by atoms with van der Waals surface area (Å²) in [6, 6.07) is 7.17. The van der Waals surface area contributed by atoms with E-state index in [4.69, 9.17) is 21.2 Å². The highest BCUT2D eigenvalue weighted by molar-refractivity contribution is 6.30. The molecule has 0 saturated carbocycles. The molecule has 1 atom stereocenters. The molecule has 0 radical (unpaired) electrons. The fraction of sp³-hybridized carbons (Fsp3) is 0.438. The lowest BCUT2D eigenvalue weighted by Crippen LogP contribution is -2.37. The molecule has 1 aliphatic rings. The minimum absolute atomic E-state index is 0.141. The molecule has 0 aromatic heterocycles. The molecular weight excluding hydrogens is 334 g/mol. The van der Waals surface area contributed by atoms with Crippen molar-refractivity contribution in [3.63, 3.8) is 0 Å². The molecule has 2 N–H and O–H groups in total. The average Bonchev–Trinajstić information content (AvgIpc) is 3.06. The third kappa shape index (κ3) is 5.50. The fourth-order valence-electron chi connectivity index (χ4n) is 2.12. The van der Waals surface area contributed by atoms with Crippen LogP contribution in [0.1, 0.15) is 18.4 Å². The van der Waals surface area contributed by atoms with Gasteiger partial charge in [0.25, 0.3) is 5.91 Å². The molecule has 24 heavy (non-hydrogen) atoms. The predicted molar refractivity (Wildman–Crippen MR) is 90.0 cm³/mol. The van der Waals surface area contributed by atoms with Crippen molar-refractivity contribution >= 4 is 29.1 Å². The van der Waals surface area contributed by atoms with Crippen LogP contribution >= 0.6 is 11.6 Å². The van der Waals surface area contributed by atoms with Crippen molar-refractivity contribution in [1.82, 2.24) is 10.6 Å². The van der Waals surface area contributed by atoms with Crippen molar-refractivity contribution in [3.05, 3.63) is 34.9 Å². The lowest BCUT2D eigenvalue weighted by Gasteiger charge is -2.09. The molecule has 0 aliphatic carbocycles. The predicted octanol–water partition coefficient (Wildman–Crippen LogP) is 1.10. The van der Waals surface area contributed by atoms with E-state index in [1.807, 2.05) is 12.1 Å². The second-order valence-electron chi connectivity index (χ2n) is 5.23. The Kier molecular flexibility index (Phi) is 7.02. The van der Waals surface area contributed by atoms with Gasteiger partial charge >= 0.3 is 0 Å². The van der Waals surface area contributed by atoms with E-state index >= 15 is 0 Å². The van der Waals surface area contributed by atoms with Crippen LogP contribution in [0.15, 0.2) is 29.4 Å². The van der Waals surface area contributed by atoms with E-state index in [1.54, 1.807) is 19.2 Å². The van der Waals surface area contributed by atoms with E-state index in [-0.39, 0.29) is 24.8 Å². The second kappa shape index (κ2) is 9.24. The van der Waals surface area contributed by atoms with Crippen molar-refractivity contribution in [2.45, 2.75) is 18.9 Å². The third-order valence-electron chi connectivity index (χ3n) is 3.42. The normalized spacial score (nSPS) is 16.2. The summed E-state index contributed by atoms with van der Waals surface area (Å²) in [7, 11) is 1.56. The molecule has 1 aromatic carbocycles. The highest BCUT2D eigenvalue weighted by Gasteiger charge is 2.28. The van der Waals surface area contributed by atoms with Crippen molar-refractivity contribution in [2.24, 2.45) is 5.16 Å². The maximum Gasteiger partial charge on any atom is 0.264 e. The molecule has 1 unspecified atom stereocenters. The van der Waals surface area contributed by atoms with Gasteiger partial charge in [-0.2, -0.15) is 0 Å². The van der Waals surface area contributed by atoms with Gasteiger partial charge in [-0.05, 0) is 17.7 Å². The zero-order valence-corrected chi connectivity index (χ0v) is 14.1. The van der Waals surface area contributed by atoms with E-state index in [1.165, 1.54) is 0 Å². The van der Waals surface area contributed by atoms with E-state index < -0.39 is 6.10 Å². The van der Waals surface area contributed by atoms with Crippen LogP contribution in [-0.2, 0) is 19.2 Å².